The van der Waals surface area contributed by atoms with E-state index in [1.54, 1.807) is 36.6 Å². The Kier molecular flexibility index (Phi) is 5.13. The molecule has 2 N–H and O–H groups in total. The highest BCUT2D eigenvalue weighted by atomic mass is 32.1. The summed E-state index contributed by atoms with van der Waals surface area (Å²) in [6.07, 6.45) is -0.522. The summed E-state index contributed by atoms with van der Waals surface area (Å²) in [6.45, 7) is 0.997. The number of nitriles is 1. The maximum atomic E-state index is 9.98. The van der Waals surface area contributed by atoms with E-state index in [1.165, 1.54) is 0 Å². The molecule has 2 aromatic rings. The van der Waals surface area contributed by atoms with Crippen molar-refractivity contribution in [3.63, 3.8) is 0 Å². The number of aliphatic hydroxyl groups excluding tert-OH is 1. The smallest absolute Gasteiger partial charge is 0.123 e. The lowest BCUT2D eigenvalue weighted by Gasteiger charge is -2.13. The third-order valence-corrected chi connectivity index (χ3v) is 3.69. The first-order valence-electron chi connectivity index (χ1n) is 6.22. The number of nitrogens with one attached hydrogen (secondary N) is 1. The van der Waals surface area contributed by atoms with Crippen LogP contribution in [0.5, 0.6) is 5.75 Å². The zero-order valence-corrected chi connectivity index (χ0v) is 12.0. The Labute approximate surface area is 122 Å². The Morgan fingerprint density at radius 3 is 2.95 bits per heavy atom. The monoisotopic (exact) mass is 288 g/mol. The van der Waals surface area contributed by atoms with E-state index < -0.39 is 6.10 Å². The van der Waals surface area contributed by atoms with Gasteiger partial charge in [-0.2, -0.15) is 16.6 Å². The average Bonchev–Trinajstić information content (AvgIpc) is 3.01. The van der Waals surface area contributed by atoms with Crippen molar-refractivity contribution in [3.8, 4) is 11.8 Å². The molecular formula is C15H16N2O2S. The molecule has 0 spiro atoms. The highest BCUT2D eigenvalue weighted by Crippen LogP contribution is 2.20. The highest BCUT2D eigenvalue weighted by Gasteiger charge is 2.09. The fraction of sp³-hybridized carbons (Fsp3) is 0.267. The van der Waals surface area contributed by atoms with Gasteiger partial charge in [0, 0.05) is 18.7 Å². The number of aliphatic hydroxyl groups is 1. The van der Waals surface area contributed by atoms with E-state index in [1.807, 2.05) is 16.8 Å². The number of hydrogen-bond donors (Lipinski definition) is 2. The van der Waals surface area contributed by atoms with Gasteiger partial charge < -0.3 is 15.2 Å². The van der Waals surface area contributed by atoms with Crippen molar-refractivity contribution < 1.29 is 9.84 Å². The summed E-state index contributed by atoms with van der Waals surface area (Å²) in [5.41, 5.74) is 2.42. The molecule has 1 atom stereocenters. The van der Waals surface area contributed by atoms with Crippen LogP contribution in [0.4, 0.5) is 0 Å². The van der Waals surface area contributed by atoms with Gasteiger partial charge in [0.15, 0.2) is 0 Å². The van der Waals surface area contributed by atoms with Gasteiger partial charge in [-0.05, 0) is 40.6 Å². The van der Waals surface area contributed by atoms with Crippen LogP contribution in [0.25, 0.3) is 0 Å². The minimum absolute atomic E-state index is 0.455. The van der Waals surface area contributed by atoms with E-state index in [4.69, 9.17) is 10.00 Å². The number of rotatable bonds is 6. The van der Waals surface area contributed by atoms with Gasteiger partial charge in [-0.3, -0.25) is 0 Å². The molecule has 0 aliphatic heterocycles. The zero-order chi connectivity index (χ0) is 14.4. The fourth-order valence-corrected chi connectivity index (χ4v) is 2.62. The normalized spacial score (nSPS) is 11.8. The molecule has 4 nitrogen and oxygen atoms in total. The minimum Gasteiger partial charge on any atom is -0.496 e. The predicted molar refractivity (Wildman–Crippen MR) is 78.7 cm³/mol. The standard InChI is InChI=1S/C15H16N2O2S/c1-19-15-3-2-11(7-16)6-13(15)8-17-9-14(18)12-4-5-20-10-12/h2-6,10,14,17-18H,8-9H2,1H3. The van der Waals surface area contributed by atoms with Crippen molar-refractivity contribution in [1.29, 1.82) is 5.26 Å². The lowest BCUT2D eigenvalue weighted by molar-refractivity contribution is 0.174. The van der Waals surface area contributed by atoms with Crippen molar-refractivity contribution >= 4 is 11.3 Å². The Morgan fingerprint density at radius 1 is 1.45 bits per heavy atom. The van der Waals surface area contributed by atoms with Gasteiger partial charge >= 0.3 is 0 Å². The summed E-state index contributed by atoms with van der Waals surface area (Å²) in [5.74, 6) is 0.738. The van der Waals surface area contributed by atoms with Crippen LogP contribution < -0.4 is 10.1 Å². The van der Waals surface area contributed by atoms with Crippen molar-refractivity contribution in [2.75, 3.05) is 13.7 Å². The lowest BCUT2D eigenvalue weighted by Crippen LogP contribution is -2.21. The highest BCUT2D eigenvalue weighted by molar-refractivity contribution is 7.07. The lowest BCUT2D eigenvalue weighted by atomic mass is 10.1. The predicted octanol–water partition coefficient (Wildman–Crippen LogP) is 2.45. The summed E-state index contributed by atoms with van der Waals surface area (Å²) >= 11 is 1.56. The Bertz CT molecular complexity index is 590. The summed E-state index contributed by atoms with van der Waals surface area (Å²) < 4.78 is 5.26. The van der Waals surface area contributed by atoms with E-state index in [0.717, 1.165) is 16.9 Å². The van der Waals surface area contributed by atoms with Gasteiger partial charge in [-0.1, -0.05) is 0 Å². The maximum Gasteiger partial charge on any atom is 0.123 e. The molecule has 1 heterocycles. The molecule has 20 heavy (non-hydrogen) atoms. The third-order valence-electron chi connectivity index (χ3n) is 2.99. The summed E-state index contributed by atoms with van der Waals surface area (Å²) in [4.78, 5) is 0. The van der Waals surface area contributed by atoms with Gasteiger partial charge in [0.1, 0.15) is 5.75 Å². The summed E-state index contributed by atoms with van der Waals surface area (Å²) in [7, 11) is 1.60. The van der Waals surface area contributed by atoms with Gasteiger partial charge in [0.25, 0.3) is 0 Å². The largest absolute Gasteiger partial charge is 0.496 e. The van der Waals surface area contributed by atoms with Crippen LogP contribution in [0, 0.1) is 11.3 Å². The van der Waals surface area contributed by atoms with Crippen LogP contribution >= 0.6 is 11.3 Å². The first kappa shape index (κ1) is 14.5. The van der Waals surface area contributed by atoms with Crippen molar-refractivity contribution in [1.82, 2.24) is 5.32 Å². The van der Waals surface area contributed by atoms with E-state index in [-0.39, 0.29) is 0 Å². The van der Waals surface area contributed by atoms with E-state index in [9.17, 15) is 5.11 Å². The first-order chi connectivity index (χ1) is 9.74. The Balaban J connectivity index is 1.95. The molecule has 0 saturated carbocycles. The van der Waals surface area contributed by atoms with Gasteiger partial charge in [0.05, 0.1) is 24.8 Å². The molecule has 0 saturated heterocycles. The molecule has 0 fully saturated rings. The zero-order valence-electron chi connectivity index (χ0n) is 11.2. The second-order valence-corrected chi connectivity index (χ2v) is 5.12. The Hall–Kier alpha value is -1.87. The van der Waals surface area contributed by atoms with Gasteiger partial charge in [0.2, 0.25) is 0 Å². The Morgan fingerprint density at radius 2 is 2.30 bits per heavy atom. The number of ether oxygens (including phenoxy) is 1. The van der Waals surface area contributed by atoms with Crippen LogP contribution in [0.1, 0.15) is 22.8 Å². The van der Waals surface area contributed by atoms with Crippen molar-refractivity contribution in [3.05, 3.63) is 51.7 Å². The number of methoxy groups -OCH3 is 1. The molecule has 0 amide bonds. The molecule has 5 heteroatoms. The molecule has 1 unspecified atom stereocenters. The molecule has 0 aliphatic carbocycles. The van der Waals surface area contributed by atoms with E-state index in [0.29, 0.717) is 18.7 Å². The molecule has 0 bridgehead atoms. The molecule has 104 valence electrons. The summed E-state index contributed by atoms with van der Waals surface area (Å²) in [5, 5.41) is 25.9. The first-order valence-corrected chi connectivity index (χ1v) is 7.16. The number of hydrogen-bond acceptors (Lipinski definition) is 5. The number of thiophene rings is 1. The third kappa shape index (κ3) is 3.58. The van der Waals surface area contributed by atoms with Crippen LogP contribution in [0.15, 0.2) is 35.0 Å². The van der Waals surface area contributed by atoms with E-state index in [2.05, 4.69) is 11.4 Å². The van der Waals surface area contributed by atoms with Crippen molar-refractivity contribution in [2.45, 2.75) is 12.6 Å². The van der Waals surface area contributed by atoms with Crippen LogP contribution in [0.3, 0.4) is 0 Å². The summed E-state index contributed by atoms with van der Waals surface area (Å²) in [6, 6.07) is 9.32. The van der Waals surface area contributed by atoms with Gasteiger partial charge in [-0.25, -0.2) is 0 Å². The van der Waals surface area contributed by atoms with Gasteiger partial charge in [-0.15, -0.1) is 0 Å². The number of nitrogens with zero attached hydrogens (tertiary/aromatic N) is 1. The van der Waals surface area contributed by atoms with Crippen molar-refractivity contribution in [2.24, 2.45) is 0 Å². The van der Waals surface area contributed by atoms with E-state index >= 15 is 0 Å². The fourth-order valence-electron chi connectivity index (χ4n) is 1.91. The molecule has 1 aromatic carbocycles. The second-order valence-electron chi connectivity index (χ2n) is 4.34. The van der Waals surface area contributed by atoms with Crippen LogP contribution in [-0.2, 0) is 6.54 Å². The molecule has 1 aromatic heterocycles. The molecular weight excluding hydrogens is 272 g/mol. The van der Waals surface area contributed by atoms with Crippen LogP contribution in [0.2, 0.25) is 0 Å². The topological polar surface area (TPSA) is 65.3 Å². The SMILES string of the molecule is COc1ccc(C#N)cc1CNCC(O)c1ccsc1. The number of benzene rings is 1. The maximum absolute atomic E-state index is 9.98. The molecule has 0 aliphatic rings. The molecule has 0 radical (unpaired) electrons. The second kappa shape index (κ2) is 7.06. The van der Waals surface area contributed by atoms with Crippen LogP contribution in [-0.4, -0.2) is 18.8 Å². The minimum atomic E-state index is -0.522. The average molecular weight is 288 g/mol. The molecule has 2 rings (SSSR count). The quantitative estimate of drug-likeness (QED) is 0.857.